The van der Waals surface area contributed by atoms with Crippen LogP contribution in [0.25, 0.3) is 0 Å². The monoisotopic (exact) mass is 681 g/mol. The molecule has 0 radical (unpaired) electrons. The highest BCUT2D eigenvalue weighted by atomic mass is 35.5. The van der Waals surface area contributed by atoms with Gasteiger partial charge in [0, 0.05) is 28.5 Å². The summed E-state index contributed by atoms with van der Waals surface area (Å²) in [7, 11) is -2.74. The average molecular weight is 683 g/mol. The number of nitrogens with zero attached hydrogens (tertiary/aromatic N) is 2. The minimum absolute atomic E-state index is 0.000618. The van der Waals surface area contributed by atoms with Gasteiger partial charge in [0.15, 0.2) is 0 Å². The second kappa shape index (κ2) is 15.0. The van der Waals surface area contributed by atoms with E-state index in [1.807, 2.05) is 57.2 Å². The number of benzene rings is 4. The Labute approximate surface area is 280 Å². The highest BCUT2D eigenvalue weighted by molar-refractivity contribution is 7.92. The van der Waals surface area contributed by atoms with E-state index in [0.717, 1.165) is 9.87 Å². The van der Waals surface area contributed by atoms with Gasteiger partial charge in [-0.15, -0.1) is 0 Å². The number of carbonyl (C=O) groups is 2. The van der Waals surface area contributed by atoms with E-state index in [0.29, 0.717) is 11.3 Å². The fourth-order valence-corrected chi connectivity index (χ4v) is 6.84. The molecule has 0 unspecified atom stereocenters. The van der Waals surface area contributed by atoms with Gasteiger partial charge in [-0.3, -0.25) is 13.9 Å². The molecule has 46 heavy (non-hydrogen) atoms. The molecule has 0 saturated carbocycles. The van der Waals surface area contributed by atoms with Crippen LogP contribution in [0.15, 0.2) is 108 Å². The number of rotatable bonds is 12. The molecule has 0 bridgehead atoms. The van der Waals surface area contributed by atoms with Gasteiger partial charge >= 0.3 is 0 Å². The minimum atomic E-state index is -4.29. The van der Waals surface area contributed by atoms with Crippen molar-refractivity contribution in [3.8, 4) is 5.75 Å². The molecule has 0 saturated heterocycles. The van der Waals surface area contributed by atoms with Crippen molar-refractivity contribution < 1.29 is 22.7 Å². The lowest BCUT2D eigenvalue weighted by molar-refractivity contribution is -0.140. The predicted molar refractivity (Wildman–Crippen MR) is 183 cm³/mol. The third-order valence-corrected chi connectivity index (χ3v) is 9.23. The number of anilines is 1. The third kappa shape index (κ3) is 9.25. The summed E-state index contributed by atoms with van der Waals surface area (Å²) in [6, 6.07) is 27.6. The quantitative estimate of drug-likeness (QED) is 0.178. The lowest BCUT2D eigenvalue weighted by Gasteiger charge is -2.35. The van der Waals surface area contributed by atoms with E-state index in [1.165, 1.54) is 35.2 Å². The lowest BCUT2D eigenvalue weighted by Crippen LogP contribution is -2.56. The Morgan fingerprint density at radius 2 is 1.41 bits per heavy atom. The second-order valence-corrected chi connectivity index (χ2v) is 14.5. The van der Waals surface area contributed by atoms with Gasteiger partial charge in [0.05, 0.1) is 17.7 Å². The average Bonchev–Trinajstić information content (AvgIpc) is 3.01. The molecule has 4 aromatic rings. The molecule has 2 amide bonds. The molecule has 0 spiro atoms. The predicted octanol–water partition coefficient (Wildman–Crippen LogP) is 6.75. The molecule has 0 aliphatic heterocycles. The van der Waals surface area contributed by atoms with Crippen molar-refractivity contribution in [2.24, 2.45) is 0 Å². The maximum Gasteiger partial charge on any atom is 0.264 e. The van der Waals surface area contributed by atoms with Gasteiger partial charge < -0.3 is 15.0 Å². The zero-order chi connectivity index (χ0) is 33.5. The van der Waals surface area contributed by atoms with Gasteiger partial charge in [-0.25, -0.2) is 8.42 Å². The van der Waals surface area contributed by atoms with E-state index in [2.05, 4.69) is 5.32 Å². The molecule has 4 rings (SSSR count). The lowest BCUT2D eigenvalue weighted by atomic mass is 10.0. The summed E-state index contributed by atoms with van der Waals surface area (Å²) in [6.45, 7) is 4.94. The molecule has 4 aromatic carbocycles. The van der Waals surface area contributed by atoms with Gasteiger partial charge in [0.2, 0.25) is 11.8 Å². The molecule has 0 aliphatic carbocycles. The third-order valence-electron chi connectivity index (χ3n) is 7.00. The number of methoxy groups -OCH3 is 1. The molecule has 0 aromatic heterocycles. The van der Waals surface area contributed by atoms with Crippen LogP contribution in [0.1, 0.15) is 31.9 Å². The van der Waals surface area contributed by atoms with Crippen molar-refractivity contribution in [1.82, 2.24) is 10.2 Å². The van der Waals surface area contributed by atoms with Crippen molar-refractivity contribution in [2.45, 2.75) is 50.2 Å². The summed E-state index contributed by atoms with van der Waals surface area (Å²) in [5, 5.41) is 3.41. The summed E-state index contributed by atoms with van der Waals surface area (Å²) in [6.07, 6.45) is 0.187. The fraction of sp³-hybridized carbons (Fsp3) is 0.257. The molecule has 1 atom stereocenters. The molecular weight excluding hydrogens is 645 g/mol. The number of hydrogen-bond donors (Lipinski definition) is 1. The van der Waals surface area contributed by atoms with E-state index in [4.69, 9.17) is 27.9 Å². The molecule has 11 heteroatoms. The highest BCUT2D eigenvalue weighted by Gasteiger charge is 2.35. The van der Waals surface area contributed by atoms with E-state index in [9.17, 15) is 18.0 Å². The number of amides is 2. The van der Waals surface area contributed by atoms with Gasteiger partial charge in [-0.2, -0.15) is 0 Å². The Hall–Kier alpha value is -4.05. The van der Waals surface area contributed by atoms with E-state index < -0.39 is 34.1 Å². The number of nitrogens with one attached hydrogen (secondary N) is 1. The first-order valence-corrected chi connectivity index (χ1v) is 16.8. The summed E-state index contributed by atoms with van der Waals surface area (Å²) in [5.41, 5.74) is 1.03. The summed E-state index contributed by atoms with van der Waals surface area (Å²) in [5.74, 6) is -0.412. The SMILES string of the molecule is COc1cccc(CN(C(=O)CN(c2cc(Cl)cc(Cl)c2)S(=O)(=O)c2ccccc2)[C@H](Cc2ccccc2)C(=O)NC(C)(C)C)c1. The van der Waals surface area contributed by atoms with Crippen LogP contribution >= 0.6 is 23.2 Å². The van der Waals surface area contributed by atoms with Crippen molar-refractivity contribution >= 4 is 50.7 Å². The largest absolute Gasteiger partial charge is 0.497 e. The molecule has 0 fully saturated rings. The Kier molecular flexibility index (Phi) is 11.4. The number of hydrogen-bond acceptors (Lipinski definition) is 5. The van der Waals surface area contributed by atoms with Gasteiger partial charge in [0.25, 0.3) is 10.0 Å². The van der Waals surface area contributed by atoms with E-state index >= 15 is 0 Å². The number of halogens is 2. The van der Waals surface area contributed by atoms with Crippen LogP contribution in [0.3, 0.4) is 0 Å². The van der Waals surface area contributed by atoms with E-state index in [1.54, 1.807) is 43.5 Å². The van der Waals surface area contributed by atoms with Gasteiger partial charge in [0.1, 0.15) is 18.3 Å². The number of carbonyl (C=O) groups excluding carboxylic acids is 2. The number of sulfonamides is 1. The number of ether oxygens (including phenoxy) is 1. The molecule has 0 aliphatic rings. The molecule has 8 nitrogen and oxygen atoms in total. The summed E-state index contributed by atoms with van der Waals surface area (Å²) < 4.78 is 34.6. The van der Waals surface area contributed by atoms with Crippen LogP contribution < -0.4 is 14.4 Å². The van der Waals surface area contributed by atoms with Crippen molar-refractivity contribution in [2.75, 3.05) is 18.0 Å². The first-order chi connectivity index (χ1) is 21.8. The first-order valence-electron chi connectivity index (χ1n) is 14.6. The van der Waals surface area contributed by atoms with Crippen LogP contribution in [-0.2, 0) is 32.6 Å². The molecule has 242 valence electrons. The highest BCUT2D eigenvalue weighted by Crippen LogP contribution is 2.30. The van der Waals surface area contributed by atoms with Crippen molar-refractivity contribution in [1.29, 1.82) is 0 Å². The Balaban J connectivity index is 1.84. The maximum atomic E-state index is 14.6. The normalized spacial score (nSPS) is 12.2. The Bertz CT molecular complexity index is 1740. The van der Waals surface area contributed by atoms with Gasteiger partial charge in [-0.05, 0) is 74.4 Å². The Morgan fingerprint density at radius 1 is 0.826 bits per heavy atom. The fourth-order valence-electron chi connectivity index (χ4n) is 4.91. The first kappa shape index (κ1) is 34.8. The van der Waals surface area contributed by atoms with Crippen LogP contribution in [0.2, 0.25) is 10.0 Å². The van der Waals surface area contributed by atoms with Crippen LogP contribution in [0, 0.1) is 0 Å². The zero-order valence-electron chi connectivity index (χ0n) is 26.1. The van der Waals surface area contributed by atoms with Crippen molar-refractivity contribution in [3.05, 3.63) is 124 Å². The molecule has 1 N–H and O–H groups in total. The maximum absolute atomic E-state index is 14.6. The summed E-state index contributed by atoms with van der Waals surface area (Å²) >= 11 is 12.6. The summed E-state index contributed by atoms with van der Waals surface area (Å²) in [4.78, 5) is 30.0. The standard InChI is InChI=1S/C35H37Cl2N3O5S/c1-35(2,3)38-34(42)32(19-25-12-7-5-8-13-25)39(23-26-14-11-15-30(18-26)45-4)33(41)24-40(29-21-27(36)20-28(37)22-29)46(43,44)31-16-9-6-10-17-31/h5-18,20-22,32H,19,23-24H2,1-4H3,(H,38,42)/t32-/m1/s1. The second-order valence-electron chi connectivity index (χ2n) is 11.8. The Morgan fingerprint density at radius 3 is 2.00 bits per heavy atom. The van der Waals surface area contributed by atoms with Crippen LogP contribution in [-0.4, -0.2) is 50.4 Å². The van der Waals surface area contributed by atoms with Crippen LogP contribution in [0.4, 0.5) is 5.69 Å². The van der Waals surface area contributed by atoms with Crippen molar-refractivity contribution in [3.63, 3.8) is 0 Å². The van der Waals surface area contributed by atoms with Crippen LogP contribution in [0.5, 0.6) is 5.75 Å². The smallest absolute Gasteiger partial charge is 0.264 e. The molecule has 0 heterocycles. The minimum Gasteiger partial charge on any atom is -0.497 e. The van der Waals surface area contributed by atoms with Gasteiger partial charge in [-0.1, -0.05) is 83.9 Å². The zero-order valence-corrected chi connectivity index (χ0v) is 28.4. The topological polar surface area (TPSA) is 96.0 Å². The van der Waals surface area contributed by atoms with E-state index in [-0.39, 0.29) is 39.5 Å². The molecular formula is C35H37Cl2N3O5S.